The molecule has 3 aromatic rings. The number of aromatic nitrogens is 2. The summed E-state index contributed by atoms with van der Waals surface area (Å²) in [5, 5.41) is 4.85. The van der Waals surface area contributed by atoms with Crippen molar-refractivity contribution < 1.29 is 9.53 Å². The highest BCUT2D eigenvalue weighted by molar-refractivity contribution is 8.26. The molecule has 1 aliphatic rings. The van der Waals surface area contributed by atoms with Crippen LogP contribution in [0.2, 0.25) is 0 Å². The third-order valence-corrected chi connectivity index (χ3v) is 6.39. The first-order chi connectivity index (χ1) is 14.9. The zero-order valence-corrected chi connectivity index (χ0v) is 19.5. The second kappa shape index (κ2) is 8.69. The first kappa shape index (κ1) is 21.3. The highest BCUT2D eigenvalue weighted by atomic mass is 32.2. The summed E-state index contributed by atoms with van der Waals surface area (Å²) in [7, 11) is 1.66. The highest BCUT2D eigenvalue weighted by Gasteiger charge is 2.34. The van der Waals surface area contributed by atoms with Crippen LogP contribution < -0.4 is 4.74 Å². The van der Waals surface area contributed by atoms with Crippen LogP contribution in [0.4, 0.5) is 0 Å². The van der Waals surface area contributed by atoms with Gasteiger partial charge in [-0.15, -0.1) is 0 Å². The van der Waals surface area contributed by atoms with E-state index in [-0.39, 0.29) is 11.9 Å². The predicted octanol–water partition coefficient (Wildman–Crippen LogP) is 5.47. The lowest BCUT2D eigenvalue weighted by molar-refractivity contribution is -0.123. The Hall–Kier alpha value is -2.90. The van der Waals surface area contributed by atoms with Crippen LogP contribution in [0.1, 0.15) is 25.0 Å². The van der Waals surface area contributed by atoms with E-state index in [0.29, 0.717) is 9.23 Å². The molecule has 0 bridgehead atoms. The van der Waals surface area contributed by atoms with Crippen LogP contribution in [0.25, 0.3) is 23.0 Å². The Morgan fingerprint density at radius 3 is 2.52 bits per heavy atom. The van der Waals surface area contributed by atoms with Gasteiger partial charge in [0.1, 0.15) is 15.8 Å². The van der Waals surface area contributed by atoms with Crippen LogP contribution in [0, 0.1) is 6.92 Å². The Balaban J connectivity index is 1.83. The molecule has 0 saturated carbocycles. The van der Waals surface area contributed by atoms with Gasteiger partial charge in [0.15, 0.2) is 0 Å². The zero-order valence-electron chi connectivity index (χ0n) is 17.8. The minimum atomic E-state index is -0.0608. The lowest BCUT2D eigenvalue weighted by Crippen LogP contribution is -2.34. The minimum absolute atomic E-state index is 0.0224. The van der Waals surface area contributed by atoms with E-state index >= 15 is 0 Å². The van der Waals surface area contributed by atoms with Crippen molar-refractivity contribution in [2.45, 2.75) is 26.8 Å². The molecule has 4 rings (SSSR count). The minimum Gasteiger partial charge on any atom is -0.496 e. The number of aryl methyl sites for hydroxylation is 1. The van der Waals surface area contributed by atoms with Crippen molar-refractivity contribution in [1.82, 2.24) is 14.7 Å². The van der Waals surface area contributed by atoms with E-state index in [0.717, 1.165) is 33.8 Å². The van der Waals surface area contributed by atoms with Gasteiger partial charge < -0.3 is 4.74 Å². The van der Waals surface area contributed by atoms with Gasteiger partial charge in [0, 0.05) is 23.4 Å². The molecule has 0 N–H and O–H groups in total. The molecule has 31 heavy (non-hydrogen) atoms. The van der Waals surface area contributed by atoms with Gasteiger partial charge in [0.25, 0.3) is 5.91 Å². The zero-order chi connectivity index (χ0) is 22.1. The summed E-state index contributed by atoms with van der Waals surface area (Å²) in [5.41, 5.74) is 4.58. The second-order valence-electron chi connectivity index (χ2n) is 7.54. The maximum Gasteiger partial charge on any atom is 0.266 e. The molecule has 1 saturated heterocycles. The number of nitrogens with zero attached hydrogens (tertiary/aromatic N) is 3. The van der Waals surface area contributed by atoms with Crippen LogP contribution in [0.5, 0.6) is 5.75 Å². The summed E-state index contributed by atoms with van der Waals surface area (Å²) >= 11 is 6.77. The molecule has 5 nitrogen and oxygen atoms in total. The SMILES string of the molecule is COc1ccc(-c2nn(-c3ccccc3)cc2C=C2SC(=S)N(C(C)C)C2=O)cc1C. The lowest BCUT2D eigenvalue weighted by Gasteiger charge is -2.18. The molecule has 2 aromatic carbocycles. The van der Waals surface area contributed by atoms with E-state index in [1.165, 1.54) is 11.8 Å². The van der Waals surface area contributed by atoms with Crippen LogP contribution in [0.15, 0.2) is 59.6 Å². The van der Waals surface area contributed by atoms with Crippen molar-refractivity contribution in [3.63, 3.8) is 0 Å². The Kier molecular flexibility index (Phi) is 5.98. The summed E-state index contributed by atoms with van der Waals surface area (Å²) in [5.74, 6) is 0.764. The third kappa shape index (κ3) is 4.16. The molecule has 158 valence electrons. The number of carbonyl (C=O) groups is 1. The van der Waals surface area contributed by atoms with Crippen LogP contribution in [-0.4, -0.2) is 38.1 Å². The predicted molar refractivity (Wildman–Crippen MR) is 130 cm³/mol. The van der Waals surface area contributed by atoms with Crippen molar-refractivity contribution in [3.05, 3.63) is 70.8 Å². The van der Waals surface area contributed by atoms with E-state index in [1.54, 1.807) is 12.0 Å². The number of thioether (sulfide) groups is 1. The molecular formula is C24H23N3O2S2. The summed E-state index contributed by atoms with van der Waals surface area (Å²) in [6.07, 6.45) is 3.84. The summed E-state index contributed by atoms with van der Waals surface area (Å²) < 4.78 is 7.83. The molecule has 0 unspecified atom stereocenters. The smallest absolute Gasteiger partial charge is 0.266 e. The third-order valence-electron chi connectivity index (χ3n) is 5.06. The van der Waals surface area contributed by atoms with Crippen LogP contribution in [-0.2, 0) is 4.79 Å². The average molecular weight is 450 g/mol. The second-order valence-corrected chi connectivity index (χ2v) is 9.22. The number of para-hydroxylation sites is 1. The maximum absolute atomic E-state index is 12.9. The fourth-order valence-electron chi connectivity index (χ4n) is 3.52. The molecule has 0 radical (unpaired) electrons. The van der Waals surface area contributed by atoms with E-state index in [2.05, 4.69) is 0 Å². The molecule has 0 spiro atoms. The molecule has 1 aromatic heterocycles. The van der Waals surface area contributed by atoms with E-state index in [4.69, 9.17) is 22.1 Å². The van der Waals surface area contributed by atoms with Crippen molar-refractivity contribution in [1.29, 1.82) is 0 Å². The lowest BCUT2D eigenvalue weighted by atomic mass is 10.0. The Bertz CT molecular complexity index is 1180. The number of benzene rings is 2. The first-order valence-electron chi connectivity index (χ1n) is 9.96. The monoisotopic (exact) mass is 449 g/mol. The summed E-state index contributed by atoms with van der Waals surface area (Å²) in [6.45, 7) is 5.93. The van der Waals surface area contributed by atoms with Gasteiger partial charge in [-0.05, 0) is 62.7 Å². The summed E-state index contributed by atoms with van der Waals surface area (Å²) in [6, 6.07) is 15.9. The van der Waals surface area contributed by atoms with Crippen molar-refractivity contribution in [2.24, 2.45) is 0 Å². The molecule has 1 amide bonds. The highest BCUT2D eigenvalue weighted by Crippen LogP contribution is 2.36. The Morgan fingerprint density at radius 1 is 1.16 bits per heavy atom. The number of ether oxygens (including phenoxy) is 1. The van der Waals surface area contributed by atoms with Gasteiger partial charge in [0.05, 0.1) is 17.7 Å². The van der Waals surface area contributed by atoms with Crippen LogP contribution in [0.3, 0.4) is 0 Å². The van der Waals surface area contributed by atoms with Gasteiger partial charge in [-0.2, -0.15) is 5.10 Å². The van der Waals surface area contributed by atoms with Crippen LogP contribution >= 0.6 is 24.0 Å². The normalized spacial score (nSPS) is 15.4. The molecule has 1 aliphatic heterocycles. The number of thiocarbonyl (C=S) groups is 1. The number of hydrogen-bond acceptors (Lipinski definition) is 5. The van der Waals surface area contributed by atoms with Gasteiger partial charge in [0.2, 0.25) is 0 Å². The molecule has 1 fully saturated rings. The fraction of sp³-hybridized carbons (Fsp3) is 0.208. The van der Waals surface area contributed by atoms with Crippen molar-refractivity contribution in [3.8, 4) is 22.7 Å². The first-order valence-corrected chi connectivity index (χ1v) is 11.2. The average Bonchev–Trinajstić information content (AvgIpc) is 3.29. The molecular weight excluding hydrogens is 426 g/mol. The molecule has 0 atom stereocenters. The Morgan fingerprint density at radius 2 is 1.90 bits per heavy atom. The number of carbonyl (C=O) groups excluding carboxylic acids is 1. The van der Waals surface area contributed by atoms with E-state index in [1.807, 2.05) is 86.3 Å². The van der Waals surface area contributed by atoms with E-state index in [9.17, 15) is 4.79 Å². The topological polar surface area (TPSA) is 47.4 Å². The molecule has 0 aliphatic carbocycles. The molecule has 2 heterocycles. The number of methoxy groups -OCH3 is 1. The largest absolute Gasteiger partial charge is 0.496 e. The quantitative estimate of drug-likeness (QED) is 0.382. The maximum atomic E-state index is 12.9. The van der Waals surface area contributed by atoms with Crippen molar-refractivity contribution >= 4 is 40.3 Å². The standard InChI is InChI=1S/C24H23N3O2S2/c1-15(2)27-23(28)21(31-24(27)30)13-18-14-26(19-8-6-5-7-9-19)25-22(18)17-10-11-20(29-4)16(3)12-17/h5-15H,1-4H3. The van der Waals surface area contributed by atoms with Gasteiger partial charge in [-0.25, -0.2) is 4.68 Å². The van der Waals surface area contributed by atoms with Gasteiger partial charge in [-0.1, -0.05) is 42.2 Å². The number of rotatable bonds is 5. The van der Waals surface area contributed by atoms with Gasteiger partial charge in [-0.3, -0.25) is 9.69 Å². The van der Waals surface area contributed by atoms with E-state index < -0.39 is 0 Å². The fourth-order valence-corrected chi connectivity index (χ4v) is 5.04. The van der Waals surface area contributed by atoms with Crippen molar-refractivity contribution in [2.75, 3.05) is 7.11 Å². The number of amides is 1. The number of hydrogen-bond donors (Lipinski definition) is 0. The van der Waals surface area contributed by atoms with Gasteiger partial charge >= 0.3 is 0 Å². The molecule has 7 heteroatoms. The summed E-state index contributed by atoms with van der Waals surface area (Å²) in [4.78, 5) is 15.2. The Labute approximate surface area is 191 Å².